The number of amides is 1. The Kier molecular flexibility index (Phi) is 7.07. The van der Waals surface area contributed by atoms with E-state index in [-0.39, 0.29) is 18.3 Å². The van der Waals surface area contributed by atoms with Crippen molar-refractivity contribution in [1.29, 1.82) is 0 Å². The minimum Gasteiger partial charge on any atom is -0.365 e. The minimum absolute atomic E-state index is 0.0516. The molecule has 1 aromatic rings. The van der Waals surface area contributed by atoms with Gasteiger partial charge in [0, 0.05) is 5.69 Å². The second-order valence-electron chi connectivity index (χ2n) is 4.76. The van der Waals surface area contributed by atoms with Crippen LogP contribution in [0.25, 0.3) is 0 Å². The number of carbonyl (C=O) groups excluding carboxylic acids is 1. The second-order valence-corrected chi connectivity index (χ2v) is 6.60. The molecule has 1 amide bonds. The number of ether oxygens (including phenoxy) is 1. The molecule has 0 saturated heterocycles. The average Bonchev–Trinajstić information content (AvgIpc) is 2.44. The number of sulfonamides is 1. The van der Waals surface area contributed by atoms with Gasteiger partial charge in [-0.3, -0.25) is 9.52 Å². The lowest BCUT2D eigenvalue weighted by molar-refractivity contribution is -0.125. The quantitative estimate of drug-likeness (QED) is 0.682. The molecule has 0 heterocycles. The molecule has 0 unspecified atom stereocenters. The summed E-state index contributed by atoms with van der Waals surface area (Å²) in [5.41, 5.74) is 0.904. The molecule has 0 saturated carbocycles. The number of carbonyl (C=O) groups is 1. The molecule has 0 aliphatic carbocycles. The van der Waals surface area contributed by atoms with Gasteiger partial charge in [-0.25, -0.2) is 8.42 Å². The van der Waals surface area contributed by atoms with Crippen LogP contribution in [0.2, 0.25) is 0 Å². The molecule has 0 aromatic heterocycles. The number of hydrogen-bond donors (Lipinski definition) is 2. The summed E-state index contributed by atoms with van der Waals surface area (Å²) in [5.74, 6) is -0.258. The highest BCUT2D eigenvalue weighted by Gasteiger charge is 2.14. The summed E-state index contributed by atoms with van der Waals surface area (Å²) in [5, 5.41) is 2.68. The number of rotatable bonds is 9. The van der Waals surface area contributed by atoms with Gasteiger partial charge in [0.1, 0.15) is 6.10 Å². The summed E-state index contributed by atoms with van der Waals surface area (Å²) in [6.45, 7) is 7.22. The van der Waals surface area contributed by atoms with Gasteiger partial charge in [0.15, 0.2) is 0 Å². The van der Waals surface area contributed by atoms with Crippen LogP contribution in [0.5, 0.6) is 0 Å². The fourth-order valence-corrected chi connectivity index (χ4v) is 2.82. The Labute approximate surface area is 131 Å². The summed E-state index contributed by atoms with van der Waals surface area (Å²) in [6.07, 6.45) is 1.47. The molecule has 0 radical (unpaired) electrons. The van der Waals surface area contributed by atoms with Gasteiger partial charge < -0.3 is 10.1 Å². The smallest absolute Gasteiger partial charge is 0.253 e. The van der Waals surface area contributed by atoms with Crippen LogP contribution in [0.3, 0.4) is 0 Å². The van der Waals surface area contributed by atoms with Crippen molar-refractivity contribution >= 4 is 27.3 Å². The summed E-state index contributed by atoms with van der Waals surface area (Å²) >= 11 is 0. The third kappa shape index (κ3) is 6.28. The molecule has 0 spiro atoms. The average molecular weight is 326 g/mol. The fraction of sp³-hybridized carbons (Fsp3) is 0.400. The molecule has 22 heavy (non-hydrogen) atoms. The van der Waals surface area contributed by atoms with E-state index in [9.17, 15) is 13.2 Å². The molecule has 6 nitrogen and oxygen atoms in total. The van der Waals surface area contributed by atoms with E-state index in [1.54, 1.807) is 44.2 Å². The highest BCUT2D eigenvalue weighted by atomic mass is 32.2. The van der Waals surface area contributed by atoms with Gasteiger partial charge >= 0.3 is 0 Å². The molecular formula is C15H22N2O4S. The molecule has 0 bridgehead atoms. The minimum atomic E-state index is -3.36. The summed E-state index contributed by atoms with van der Waals surface area (Å²) in [7, 11) is -3.36. The molecule has 122 valence electrons. The fourth-order valence-electron chi connectivity index (χ4n) is 1.69. The molecule has 1 atom stereocenters. The summed E-state index contributed by atoms with van der Waals surface area (Å²) in [4.78, 5) is 11.9. The Morgan fingerprint density at radius 3 is 2.73 bits per heavy atom. The Hall–Kier alpha value is -1.86. The Morgan fingerprint density at radius 2 is 2.09 bits per heavy atom. The van der Waals surface area contributed by atoms with Gasteiger partial charge in [-0.1, -0.05) is 19.1 Å². The lowest BCUT2D eigenvalue weighted by Crippen LogP contribution is -2.27. The van der Waals surface area contributed by atoms with Crippen molar-refractivity contribution < 1.29 is 17.9 Å². The lowest BCUT2D eigenvalue weighted by atomic mass is 10.2. The first-order chi connectivity index (χ1) is 10.4. The molecule has 1 aromatic carbocycles. The van der Waals surface area contributed by atoms with Crippen molar-refractivity contribution in [3.05, 3.63) is 36.9 Å². The van der Waals surface area contributed by atoms with Crippen LogP contribution in [0.15, 0.2) is 36.9 Å². The van der Waals surface area contributed by atoms with Crippen molar-refractivity contribution in [2.45, 2.75) is 26.4 Å². The van der Waals surface area contributed by atoms with Gasteiger partial charge in [0.05, 0.1) is 18.0 Å². The van der Waals surface area contributed by atoms with E-state index in [0.717, 1.165) is 0 Å². The van der Waals surface area contributed by atoms with Crippen LogP contribution >= 0.6 is 0 Å². The molecule has 0 aliphatic rings. The highest BCUT2D eigenvalue weighted by molar-refractivity contribution is 7.92. The Morgan fingerprint density at radius 1 is 1.41 bits per heavy atom. The van der Waals surface area contributed by atoms with E-state index >= 15 is 0 Å². The summed E-state index contributed by atoms with van der Waals surface area (Å²) in [6, 6.07) is 6.52. The molecule has 1 rings (SSSR count). The third-order valence-corrected chi connectivity index (χ3v) is 4.20. The lowest BCUT2D eigenvalue weighted by Gasteiger charge is -2.13. The molecule has 0 aliphatic heterocycles. The number of benzene rings is 1. The normalized spacial score (nSPS) is 12.5. The number of nitrogens with one attached hydrogen (secondary N) is 2. The summed E-state index contributed by atoms with van der Waals surface area (Å²) < 4.78 is 31.2. The van der Waals surface area contributed by atoms with Crippen molar-refractivity contribution in [3.8, 4) is 0 Å². The zero-order valence-corrected chi connectivity index (χ0v) is 13.7. The molecular weight excluding hydrogens is 304 g/mol. The molecule has 7 heteroatoms. The Balaban J connectivity index is 2.72. The van der Waals surface area contributed by atoms with E-state index in [0.29, 0.717) is 17.8 Å². The first-order valence-corrected chi connectivity index (χ1v) is 8.67. The molecule has 2 N–H and O–H groups in total. The van der Waals surface area contributed by atoms with Crippen LogP contribution < -0.4 is 10.0 Å². The van der Waals surface area contributed by atoms with E-state index in [1.807, 2.05) is 0 Å². The first-order valence-electron chi connectivity index (χ1n) is 7.02. The van der Waals surface area contributed by atoms with E-state index in [1.165, 1.54) is 0 Å². The van der Waals surface area contributed by atoms with Crippen molar-refractivity contribution in [1.82, 2.24) is 0 Å². The van der Waals surface area contributed by atoms with E-state index in [4.69, 9.17) is 4.74 Å². The van der Waals surface area contributed by atoms with E-state index in [2.05, 4.69) is 16.6 Å². The van der Waals surface area contributed by atoms with Crippen molar-refractivity contribution in [3.63, 3.8) is 0 Å². The van der Waals surface area contributed by atoms with Crippen LogP contribution in [0.1, 0.15) is 20.3 Å². The van der Waals surface area contributed by atoms with Gasteiger partial charge in [0.25, 0.3) is 5.91 Å². The number of anilines is 2. The van der Waals surface area contributed by atoms with Crippen LogP contribution in [-0.2, 0) is 19.6 Å². The predicted molar refractivity (Wildman–Crippen MR) is 88.4 cm³/mol. The maximum absolute atomic E-state index is 11.9. The maximum Gasteiger partial charge on any atom is 0.253 e. The molecule has 0 fully saturated rings. The third-order valence-electron chi connectivity index (χ3n) is 2.71. The van der Waals surface area contributed by atoms with Crippen LogP contribution in [0.4, 0.5) is 11.4 Å². The highest BCUT2D eigenvalue weighted by Crippen LogP contribution is 2.17. The monoisotopic (exact) mass is 326 g/mol. The van der Waals surface area contributed by atoms with Crippen molar-refractivity contribution in [2.75, 3.05) is 22.4 Å². The number of hydrogen-bond acceptors (Lipinski definition) is 4. The standard InChI is InChI=1S/C15H22N2O4S/c1-4-9-21-12(3)15(18)16-13-7-6-8-14(11-13)17-22(19,20)10-5-2/h4,6-8,11-12,17H,1,5,9-10H2,2-3H3,(H,16,18)/t12-/m0/s1. The topological polar surface area (TPSA) is 84.5 Å². The predicted octanol–water partition coefficient (Wildman–Crippen LogP) is 2.37. The van der Waals surface area contributed by atoms with Gasteiger partial charge in [-0.05, 0) is 31.5 Å². The first kappa shape index (κ1) is 18.2. The Bertz CT molecular complexity index is 614. The van der Waals surface area contributed by atoms with Gasteiger partial charge in [0.2, 0.25) is 10.0 Å². The van der Waals surface area contributed by atoms with Crippen LogP contribution in [0, 0.1) is 0 Å². The van der Waals surface area contributed by atoms with E-state index < -0.39 is 16.1 Å². The largest absolute Gasteiger partial charge is 0.365 e. The SMILES string of the molecule is C=CCO[C@@H](C)C(=O)Nc1cccc(NS(=O)(=O)CCC)c1. The van der Waals surface area contributed by atoms with Gasteiger partial charge in [-0.15, -0.1) is 6.58 Å². The second kappa shape index (κ2) is 8.55. The van der Waals surface area contributed by atoms with Crippen LogP contribution in [-0.4, -0.2) is 32.8 Å². The van der Waals surface area contributed by atoms with Gasteiger partial charge in [-0.2, -0.15) is 0 Å². The zero-order chi connectivity index (χ0) is 16.6. The van der Waals surface area contributed by atoms with Crippen molar-refractivity contribution in [2.24, 2.45) is 0 Å². The maximum atomic E-state index is 11.9. The zero-order valence-electron chi connectivity index (χ0n) is 12.8.